The van der Waals surface area contributed by atoms with E-state index in [1.54, 1.807) is 0 Å². The Kier molecular flexibility index (Phi) is 12.6. The number of hydrogen-bond acceptors (Lipinski definition) is 20. The standard InChI is InChI=1S/C38H40O20/c1-51-21-9-15(10-22(52-2)27(21)43)3-8-25(42)53-14-24-29(45)32(48)33(49)37(57-24)54-18-6-4-16(5-7-18)35-36(30(46)26-19(41)11-17(40)12-20(26)55-35)58-38-34(50)31(47)28(44)23(13-39)56-38/h3-12,23-24,28-29,31-34,37-41,43-45,47-50H,13-14H2,1-2H3/b8-3+/t23-,24-,28-,29-,31+,32+,33-,34-,37-,38+/m1/s1. The Morgan fingerprint density at radius 3 is 1.95 bits per heavy atom. The fraction of sp³-hybridized carbons (Fsp3) is 0.368. The van der Waals surface area contributed by atoms with Crippen molar-refractivity contribution in [3.8, 4) is 51.6 Å². The van der Waals surface area contributed by atoms with Crippen LogP contribution in [-0.4, -0.2) is 146 Å². The highest BCUT2D eigenvalue weighted by molar-refractivity contribution is 5.88. The van der Waals surface area contributed by atoms with E-state index in [1.807, 2.05) is 0 Å². The molecular weight excluding hydrogens is 776 g/mol. The molecule has 2 aliphatic rings. The van der Waals surface area contributed by atoms with Crippen molar-refractivity contribution in [3.63, 3.8) is 0 Å². The van der Waals surface area contributed by atoms with Crippen LogP contribution in [-0.2, 0) is 19.0 Å². The van der Waals surface area contributed by atoms with E-state index in [4.69, 9.17) is 37.6 Å². The largest absolute Gasteiger partial charge is 0.508 e. The van der Waals surface area contributed by atoms with Crippen LogP contribution in [0.2, 0.25) is 0 Å². The van der Waals surface area contributed by atoms with Gasteiger partial charge in [0, 0.05) is 23.8 Å². The number of phenolic OH excluding ortho intramolecular Hbond substituents is 3. The first-order valence-corrected chi connectivity index (χ1v) is 17.4. The highest BCUT2D eigenvalue weighted by Crippen LogP contribution is 2.39. The number of aliphatic hydroxyl groups is 7. The maximum atomic E-state index is 13.8. The number of aromatic hydroxyl groups is 3. The highest BCUT2D eigenvalue weighted by atomic mass is 16.7. The Labute approximate surface area is 327 Å². The van der Waals surface area contributed by atoms with Crippen molar-refractivity contribution in [2.75, 3.05) is 27.4 Å². The van der Waals surface area contributed by atoms with Gasteiger partial charge in [-0.05, 0) is 48.0 Å². The molecule has 0 radical (unpaired) electrons. The first kappa shape index (κ1) is 41.9. The summed E-state index contributed by atoms with van der Waals surface area (Å²) >= 11 is 0. The number of esters is 1. The van der Waals surface area contributed by atoms with Crippen molar-refractivity contribution in [1.82, 2.24) is 0 Å². The number of rotatable bonds is 12. The van der Waals surface area contributed by atoms with Crippen molar-refractivity contribution < 1.29 is 93.4 Å². The molecule has 10 atom stereocenters. The first-order valence-electron chi connectivity index (χ1n) is 17.4. The van der Waals surface area contributed by atoms with Gasteiger partial charge >= 0.3 is 5.97 Å². The molecule has 10 N–H and O–H groups in total. The van der Waals surface area contributed by atoms with Crippen LogP contribution in [0.1, 0.15) is 5.56 Å². The van der Waals surface area contributed by atoms with Crippen molar-refractivity contribution in [3.05, 3.63) is 70.4 Å². The maximum absolute atomic E-state index is 13.8. The van der Waals surface area contributed by atoms with Gasteiger partial charge in [0.2, 0.25) is 29.5 Å². The van der Waals surface area contributed by atoms with Crippen LogP contribution in [0.5, 0.6) is 40.2 Å². The Morgan fingerprint density at radius 1 is 0.759 bits per heavy atom. The summed E-state index contributed by atoms with van der Waals surface area (Å²) in [5, 5.41) is 103. The monoisotopic (exact) mass is 816 g/mol. The number of carbonyl (C=O) groups excluding carboxylic acids is 1. The summed E-state index contributed by atoms with van der Waals surface area (Å²) in [6.07, 6.45) is -14.7. The highest BCUT2D eigenvalue weighted by Gasteiger charge is 2.47. The van der Waals surface area contributed by atoms with Crippen LogP contribution >= 0.6 is 0 Å². The van der Waals surface area contributed by atoms with Crippen LogP contribution in [0.15, 0.2) is 63.8 Å². The van der Waals surface area contributed by atoms with E-state index in [1.165, 1.54) is 56.7 Å². The third-order valence-electron chi connectivity index (χ3n) is 9.34. The number of benzene rings is 3. The van der Waals surface area contributed by atoms with Crippen LogP contribution < -0.4 is 24.4 Å². The van der Waals surface area contributed by atoms with Crippen LogP contribution in [0.25, 0.3) is 28.4 Å². The van der Waals surface area contributed by atoms with E-state index in [2.05, 4.69) is 0 Å². The molecule has 2 fully saturated rings. The smallest absolute Gasteiger partial charge is 0.330 e. The average Bonchev–Trinajstić information content (AvgIpc) is 3.21. The summed E-state index contributed by atoms with van der Waals surface area (Å²) < 4.78 is 43.8. The lowest BCUT2D eigenvalue weighted by atomic mass is 9.99. The molecule has 0 saturated carbocycles. The molecule has 3 aromatic carbocycles. The van der Waals surface area contributed by atoms with Gasteiger partial charge in [0.25, 0.3) is 0 Å². The Bertz CT molecular complexity index is 2160. The number of carbonyl (C=O) groups is 1. The number of phenols is 3. The minimum absolute atomic E-state index is 0.00430. The molecule has 0 bridgehead atoms. The summed E-state index contributed by atoms with van der Waals surface area (Å²) in [7, 11) is 2.67. The van der Waals surface area contributed by atoms with Crippen molar-refractivity contribution in [1.29, 1.82) is 0 Å². The summed E-state index contributed by atoms with van der Waals surface area (Å²) in [5.74, 6) is -3.05. The maximum Gasteiger partial charge on any atom is 0.330 e. The molecule has 0 unspecified atom stereocenters. The Balaban J connectivity index is 1.20. The van der Waals surface area contributed by atoms with Gasteiger partial charge in [-0.3, -0.25) is 4.79 Å². The molecular formula is C38H40O20. The molecule has 58 heavy (non-hydrogen) atoms. The molecule has 0 spiro atoms. The van der Waals surface area contributed by atoms with Crippen molar-refractivity contribution in [2.24, 2.45) is 0 Å². The zero-order valence-corrected chi connectivity index (χ0v) is 30.5. The van der Waals surface area contributed by atoms with Crippen LogP contribution in [0.4, 0.5) is 0 Å². The lowest BCUT2D eigenvalue weighted by Crippen LogP contribution is -2.60. The molecule has 2 saturated heterocycles. The number of methoxy groups -OCH3 is 2. The summed E-state index contributed by atoms with van der Waals surface area (Å²) in [5.41, 5.74) is -0.778. The van der Waals surface area contributed by atoms with Gasteiger partial charge in [-0.15, -0.1) is 0 Å². The molecule has 2 aliphatic heterocycles. The summed E-state index contributed by atoms with van der Waals surface area (Å²) in [4.78, 5) is 26.3. The molecule has 20 nitrogen and oxygen atoms in total. The number of ether oxygens (including phenoxy) is 7. The second kappa shape index (κ2) is 17.4. The van der Waals surface area contributed by atoms with E-state index >= 15 is 0 Å². The number of aliphatic hydroxyl groups excluding tert-OH is 7. The second-order valence-electron chi connectivity index (χ2n) is 13.1. The van der Waals surface area contributed by atoms with Gasteiger partial charge in [-0.25, -0.2) is 4.79 Å². The third-order valence-corrected chi connectivity index (χ3v) is 9.34. The topological polar surface area (TPSA) is 314 Å². The molecule has 20 heteroatoms. The van der Waals surface area contributed by atoms with Gasteiger partial charge < -0.3 is 88.6 Å². The Hall–Kier alpha value is -5.68. The van der Waals surface area contributed by atoms with Crippen molar-refractivity contribution >= 4 is 23.0 Å². The van der Waals surface area contributed by atoms with Gasteiger partial charge in [0.05, 0.1) is 20.8 Å². The van der Waals surface area contributed by atoms with Gasteiger partial charge in [-0.2, -0.15) is 0 Å². The van der Waals surface area contributed by atoms with Crippen LogP contribution in [0, 0.1) is 0 Å². The minimum atomic E-state index is -1.93. The SMILES string of the molecule is COc1cc(/C=C/C(=O)OC[C@H]2O[C@@H](Oc3ccc(-c4oc5cc(O)cc(O)c5c(=O)c4O[C@@H]4O[C@H](CO)[C@@H](O)[C@H](O)[C@H]4O)cc3)[C@H](O)[C@@H](O)[C@@H]2O)cc(OC)c1O. The Morgan fingerprint density at radius 2 is 1.34 bits per heavy atom. The molecule has 6 rings (SSSR count). The van der Waals surface area contributed by atoms with E-state index in [9.17, 15) is 60.7 Å². The number of fused-ring (bicyclic) bond motifs is 1. The zero-order valence-electron chi connectivity index (χ0n) is 30.5. The zero-order chi connectivity index (χ0) is 42.0. The third kappa shape index (κ3) is 8.45. The average molecular weight is 817 g/mol. The molecule has 1 aromatic heterocycles. The van der Waals surface area contributed by atoms with E-state index in [0.29, 0.717) is 5.56 Å². The number of hydrogen-bond donors (Lipinski definition) is 10. The molecule has 0 aliphatic carbocycles. The van der Waals surface area contributed by atoms with Gasteiger partial charge in [-0.1, -0.05) is 0 Å². The lowest BCUT2D eigenvalue weighted by Gasteiger charge is -2.39. The van der Waals surface area contributed by atoms with Gasteiger partial charge in [0.15, 0.2) is 17.3 Å². The van der Waals surface area contributed by atoms with Gasteiger partial charge in [0.1, 0.15) is 83.7 Å². The quantitative estimate of drug-likeness (QED) is 0.0619. The van der Waals surface area contributed by atoms with E-state index in [0.717, 1.165) is 18.2 Å². The minimum Gasteiger partial charge on any atom is -0.508 e. The summed E-state index contributed by atoms with van der Waals surface area (Å²) in [6, 6.07) is 10.1. The predicted molar refractivity (Wildman–Crippen MR) is 194 cm³/mol. The molecule has 4 aromatic rings. The predicted octanol–water partition coefficient (Wildman–Crippen LogP) is -0.784. The summed E-state index contributed by atoms with van der Waals surface area (Å²) in [6.45, 7) is -1.38. The molecule has 312 valence electrons. The fourth-order valence-corrected chi connectivity index (χ4v) is 6.20. The lowest BCUT2D eigenvalue weighted by molar-refractivity contribution is -0.278. The first-order chi connectivity index (χ1) is 27.6. The van der Waals surface area contributed by atoms with Crippen molar-refractivity contribution in [2.45, 2.75) is 61.4 Å². The van der Waals surface area contributed by atoms with Crippen LogP contribution in [0.3, 0.4) is 0 Å². The molecule has 3 heterocycles. The van der Waals surface area contributed by atoms with E-state index in [-0.39, 0.29) is 39.9 Å². The normalized spacial score (nSPS) is 27.3. The van der Waals surface area contributed by atoms with E-state index < -0.39 is 109 Å². The second-order valence-corrected chi connectivity index (χ2v) is 13.1. The fourth-order valence-electron chi connectivity index (χ4n) is 6.20. The molecule has 0 amide bonds.